The Morgan fingerprint density at radius 2 is 1.00 bits per heavy atom. The maximum Gasteiger partial charge on any atom is 0.0402 e. The summed E-state index contributed by atoms with van der Waals surface area (Å²) >= 11 is 0. The molecule has 0 aromatic heterocycles. The molecule has 0 unspecified atom stereocenters. The van der Waals surface area contributed by atoms with E-state index >= 15 is 0 Å². The van der Waals surface area contributed by atoms with Crippen molar-refractivity contribution in [1.82, 2.24) is 0 Å². The van der Waals surface area contributed by atoms with Gasteiger partial charge >= 0.3 is 0 Å². The predicted octanol–water partition coefficient (Wildman–Crippen LogP) is -0.00780. The Hall–Kier alpha value is 1.40. The van der Waals surface area contributed by atoms with E-state index in [2.05, 4.69) is 0 Å². The Labute approximate surface area is 81.7 Å². The van der Waals surface area contributed by atoms with E-state index in [4.69, 9.17) is 10.2 Å². The van der Waals surface area contributed by atoms with Crippen LogP contribution in [0, 0.1) is 0 Å². The van der Waals surface area contributed by atoms with Crippen molar-refractivity contribution >= 4 is 0 Å². The quantitative estimate of drug-likeness (QED) is 0.593. The van der Waals surface area contributed by atoms with E-state index in [0.29, 0.717) is 0 Å². The number of aliphatic hydroxyl groups excluding tert-OH is 2. The Balaban J connectivity index is -0.0000000160. The fraction of sp³-hybridized carbons (Fsp3) is 1.00. The van der Waals surface area contributed by atoms with E-state index in [1.54, 1.807) is 13.8 Å². The van der Waals surface area contributed by atoms with Gasteiger partial charge in [0.2, 0.25) is 0 Å². The van der Waals surface area contributed by atoms with Crippen LogP contribution in [0.25, 0.3) is 0 Å². The minimum Gasteiger partial charge on any atom is -0.397 e. The molecule has 0 aromatic rings. The minimum atomic E-state index is 0. The summed E-state index contributed by atoms with van der Waals surface area (Å²) in [6.45, 7) is 3.86. The van der Waals surface area contributed by atoms with Gasteiger partial charge < -0.3 is 10.2 Å². The molecule has 8 heavy (non-hydrogen) atoms. The molecule has 0 saturated carbocycles. The van der Waals surface area contributed by atoms with E-state index in [-0.39, 0.29) is 58.0 Å². The van der Waals surface area contributed by atoms with Crippen LogP contribution in [0.2, 0.25) is 0 Å². The third kappa shape index (κ3) is 155. The summed E-state index contributed by atoms with van der Waals surface area (Å²) in [4.78, 5) is 0. The van der Waals surface area contributed by atoms with Crippen LogP contribution < -0.4 is 0 Å². The number of rotatable bonds is 0. The average molecular weight is 366 g/mol. The summed E-state index contributed by atoms with van der Waals surface area (Å²) in [5.74, 6) is 0. The molecule has 0 saturated heterocycles. The zero-order chi connectivity index (χ0) is 5.41. The fourth-order valence-corrected chi connectivity index (χ4v) is 0. The zero-order valence-corrected chi connectivity index (χ0v) is 10.6. The summed E-state index contributed by atoms with van der Waals surface area (Å²) in [6.07, 6.45) is 0. The van der Waals surface area contributed by atoms with Crippen LogP contribution in [0.15, 0.2) is 0 Å². The van der Waals surface area contributed by atoms with Gasteiger partial charge in [-0.15, -0.1) is 0 Å². The third-order valence-electron chi connectivity index (χ3n) is 0. The second-order valence-corrected chi connectivity index (χ2v) is 0.632. The largest absolute Gasteiger partial charge is 0.397 e. The van der Waals surface area contributed by atoms with Gasteiger partial charge in [-0.05, 0) is 13.8 Å². The molecule has 0 aliphatic heterocycles. The number of aliphatic hydroxyl groups is 2. The average Bonchev–Trinajstić information content (AvgIpc) is 1.39. The Morgan fingerprint density at radius 1 is 1.00 bits per heavy atom. The van der Waals surface area contributed by atoms with E-state index in [1.807, 2.05) is 0 Å². The van der Waals surface area contributed by atoms with E-state index < -0.39 is 0 Å². The Bertz CT molecular complexity index is 16.0. The van der Waals surface area contributed by atoms with Gasteiger partial charge in [-0.3, -0.25) is 0 Å². The molecule has 0 rings (SSSR count). The first-order chi connectivity index (χ1) is 2.83. The van der Waals surface area contributed by atoms with Gasteiger partial charge in [0.1, 0.15) is 0 Å². The second kappa shape index (κ2) is 39.8. The first-order valence-corrected chi connectivity index (χ1v) is 2.05. The first kappa shape index (κ1) is 22.7. The minimum absolute atomic E-state index is 0. The van der Waals surface area contributed by atoms with Crippen molar-refractivity contribution < 1.29 is 55.0 Å². The van der Waals surface area contributed by atoms with Crippen LogP contribution in [-0.2, 0) is 44.8 Å². The molecule has 0 fully saturated rings. The van der Waals surface area contributed by atoms with Crippen molar-refractivity contribution in [3.05, 3.63) is 0 Å². The van der Waals surface area contributed by atoms with Crippen molar-refractivity contribution in [1.29, 1.82) is 0 Å². The van der Waals surface area contributed by atoms with Crippen LogP contribution in [0.4, 0.5) is 0 Å². The summed E-state index contributed by atoms with van der Waals surface area (Å²) < 4.78 is 0. The molecule has 0 amide bonds. The zero-order valence-electron chi connectivity index (χ0n) is 5.20. The van der Waals surface area contributed by atoms with Crippen LogP contribution >= 0.6 is 0 Å². The van der Waals surface area contributed by atoms with Gasteiger partial charge in [0.15, 0.2) is 0 Å². The second-order valence-electron chi connectivity index (χ2n) is 0.632. The molecule has 0 spiro atoms. The monoisotopic (exact) mass is 366 g/mol. The third-order valence-corrected chi connectivity index (χ3v) is 0. The fourth-order valence-electron chi connectivity index (χ4n) is 0. The molecule has 2 radical (unpaired) electrons. The van der Waals surface area contributed by atoms with Gasteiger partial charge in [-0.2, -0.15) is 0 Å². The van der Waals surface area contributed by atoms with Crippen molar-refractivity contribution in [3.63, 3.8) is 0 Å². The van der Waals surface area contributed by atoms with Crippen molar-refractivity contribution in [2.75, 3.05) is 13.2 Å². The van der Waals surface area contributed by atoms with E-state index in [1.165, 1.54) is 0 Å². The molecule has 0 heterocycles. The topological polar surface area (TPSA) is 40.5 Å². The van der Waals surface area contributed by atoms with Gasteiger partial charge in [0.05, 0.1) is 0 Å². The summed E-state index contributed by atoms with van der Waals surface area (Å²) in [6, 6.07) is 0. The molecule has 0 aliphatic rings. The van der Waals surface area contributed by atoms with Gasteiger partial charge in [0, 0.05) is 58.0 Å². The van der Waals surface area contributed by atoms with Crippen LogP contribution in [-0.4, -0.2) is 23.4 Å². The van der Waals surface area contributed by atoms with Crippen molar-refractivity contribution in [2.45, 2.75) is 13.8 Å². The first-order valence-electron chi connectivity index (χ1n) is 2.05. The molecule has 0 aliphatic carbocycles. The standard InChI is InChI=1S/2C2H6O.Nb.Ta/c2*1-2-3;;/h2*3H,2H2,1H3;;. The predicted molar refractivity (Wildman–Crippen MR) is 25.5 cm³/mol. The number of hydrogen-bond acceptors (Lipinski definition) is 2. The van der Waals surface area contributed by atoms with E-state index in [0.717, 1.165) is 0 Å². The summed E-state index contributed by atoms with van der Waals surface area (Å²) in [7, 11) is 0. The maximum absolute atomic E-state index is 7.57. The molecular formula is C4H12NbO2Ta. The molecule has 0 aromatic carbocycles. The molecular weight excluding hydrogens is 354 g/mol. The van der Waals surface area contributed by atoms with Crippen molar-refractivity contribution in [3.8, 4) is 0 Å². The molecule has 2 N–H and O–H groups in total. The van der Waals surface area contributed by atoms with Gasteiger partial charge in [-0.1, -0.05) is 0 Å². The van der Waals surface area contributed by atoms with Crippen molar-refractivity contribution in [2.24, 2.45) is 0 Å². The molecule has 2 nitrogen and oxygen atoms in total. The van der Waals surface area contributed by atoms with Crippen LogP contribution in [0.5, 0.6) is 0 Å². The van der Waals surface area contributed by atoms with Crippen LogP contribution in [0.3, 0.4) is 0 Å². The smallest absolute Gasteiger partial charge is 0.0402 e. The molecule has 4 heteroatoms. The van der Waals surface area contributed by atoms with E-state index in [9.17, 15) is 0 Å². The summed E-state index contributed by atoms with van der Waals surface area (Å²) in [5, 5.41) is 15.1. The Kier molecular flexibility index (Phi) is 113. The number of hydrogen-bond donors (Lipinski definition) is 2. The SMILES string of the molecule is CCO.CCO.[Nb].[Ta]. The summed E-state index contributed by atoms with van der Waals surface area (Å²) in [5.41, 5.74) is 0. The molecule has 0 atom stereocenters. The maximum atomic E-state index is 7.57. The molecule has 0 bridgehead atoms. The van der Waals surface area contributed by atoms with Gasteiger partial charge in [-0.25, -0.2) is 0 Å². The normalized spacial score (nSPS) is 4.50. The van der Waals surface area contributed by atoms with Crippen LogP contribution in [0.1, 0.15) is 13.8 Å². The Morgan fingerprint density at radius 3 is 1.00 bits per heavy atom. The molecule has 50 valence electrons. The van der Waals surface area contributed by atoms with Gasteiger partial charge in [0.25, 0.3) is 0 Å².